The second-order valence-corrected chi connectivity index (χ2v) is 5.93. The maximum absolute atomic E-state index is 12.4. The molecule has 1 aromatic carbocycles. The lowest BCUT2D eigenvalue weighted by atomic mass is 10.1. The van der Waals surface area contributed by atoms with Gasteiger partial charge in [-0.3, -0.25) is 4.90 Å². The van der Waals surface area contributed by atoms with Crippen LogP contribution in [0.2, 0.25) is 0 Å². The van der Waals surface area contributed by atoms with Crippen molar-refractivity contribution in [1.82, 2.24) is 10.2 Å². The van der Waals surface area contributed by atoms with Crippen molar-refractivity contribution in [1.29, 1.82) is 0 Å². The van der Waals surface area contributed by atoms with Crippen LogP contribution >= 0.6 is 15.9 Å². The molecule has 1 aliphatic heterocycles. The molecule has 1 saturated heterocycles. The van der Waals surface area contributed by atoms with E-state index in [1.807, 2.05) is 0 Å². The van der Waals surface area contributed by atoms with E-state index in [-0.39, 0.29) is 5.75 Å². The number of piperazine rings is 1. The molecule has 1 fully saturated rings. The molecule has 1 aromatic rings. The van der Waals surface area contributed by atoms with Crippen molar-refractivity contribution in [2.75, 3.05) is 26.7 Å². The first-order valence-electron chi connectivity index (χ1n) is 6.76. The zero-order chi connectivity index (χ0) is 15.4. The number of rotatable bonds is 5. The van der Waals surface area contributed by atoms with Gasteiger partial charge < -0.3 is 14.8 Å². The molecule has 0 unspecified atom stereocenters. The van der Waals surface area contributed by atoms with Gasteiger partial charge in [0.2, 0.25) is 0 Å². The highest BCUT2D eigenvalue weighted by molar-refractivity contribution is 9.10. The van der Waals surface area contributed by atoms with Crippen molar-refractivity contribution in [2.45, 2.75) is 26.1 Å². The molecule has 21 heavy (non-hydrogen) atoms. The Morgan fingerprint density at radius 3 is 2.86 bits per heavy atom. The number of ether oxygens (including phenoxy) is 2. The van der Waals surface area contributed by atoms with E-state index < -0.39 is 6.61 Å². The molecule has 0 saturated carbocycles. The van der Waals surface area contributed by atoms with Crippen LogP contribution in [-0.4, -0.2) is 44.3 Å². The maximum atomic E-state index is 12.4. The second kappa shape index (κ2) is 7.38. The zero-order valence-corrected chi connectivity index (χ0v) is 13.6. The molecule has 2 rings (SSSR count). The molecule has 0 bridgehead atoms. The Kier molecular flexibility index (Phi) is 5.78. The van der Waals surface area contributed by atoms with Gasteiger partial charge in [0, 0.05) is 32.2 Å². The van der Waals surface area contributed by atoms with Crippen molar-refractivity contribution in [3.8, 4) is 11.5 Å². The third-order valence-electron chi connectivity index (χ3n) is 3.36. The Bertz CT molecular complexity index is 488. The largest absolute Gasteiger partial charge is 0.493 e. The van der Waals surface area contributed by atoms with Gasteiger partial charge in [0.15, 0.2) is 11.5 Å². The van der Waals surface area contributed by atoms with Gasteiger partial charge in [0.1, 0.15) is 0 Å². The van der Waals surface area contributed by atoms with Crippen LogP contribution in [0.15, 0.2) is 16.6 Å². The molecular formula is C14H19BrF2N2O2. The van der Waals surface area contributed by atoms with Crippen LogP contribution in [0, 0.1) is 0 Å². The van der Waals surface area contributed by atoms with Crippen LogP contribution in [0.3, 0.4) is 0 Å². The summed E-state index contributed by atoms with van der Waals surface area (Å²) in [7, 11) is 1.44. The summed E-state index contributed by atoms with van der Waals surface area (Å²) in [6.45, 7) is 2.87. The minimum Gasteiger partial charge on any atom is -0.493 e. The molecule has 0 aromatic heterocycles. The molecule has 1 heterocycles. The van der Waals surface area contributed by atoms with E-state index in [4.69, 9.17) is 4.74 Å². The summed E-state index contributed by atoms with van der Waals surface area (Å²) in [5, 5.41) is 3.38. The quantitative estimate of drug-likeness (QED) is 0.870. The maximum Gasteiger partial charge on any atom is 0.387 e. The van der Waals surface area contributed by atoms with Crippen molar-refractivity contribution >= 4 is 15.9 Å². The summed E-state index contributed by atoms with van der Waals surface area (Å²) in [6, 6.07) is 3.99. The number of halogens is 3. The molecule has 118 valence electrons. The Morgan fingerprint density at radius 1 is 1.48 bits per heavy atom. The van der Waals surface area contributed by atoms with Crippen LogP contribution in [0.1, 0.15) is 12.5 Å². The number of hydrogen-bond donors (Lipinski definition) is 1. The van der Waals surface area contributed by atoms with Crippen LogP contribution in [-0.2, 0) is 6.54 Å². The van der Waals surface area contributed by atoms with Crippen LogP contribution in [0.4, 0.5) is 8.78 Å². The fourth-order valence-electron chi connectivity index (χ4n) is 2.48. The Morgan fingerprint density at radius 2 is 2.24 bits per heavy atom. The Hall–Kier alpha value is -0.920. The third-order valence-corrected chi connectivity index (χ3v) is 3.94. The first-order valence-corrected chi connectivity index (χ1v) is 7.56. The van der Waals surface area contributed by atoms with Crippen LogP contribution < -0.4 is 14.8 Å². The molecular weight excluding hydrogens is 346 g/mol. The van der Waals surface area contributed by atoms with E-state index >= 15 is 0 Å². The predicted octanol–water partition coefficient (Wildman–Crippen LogP) is 2.85. The highest BCUT2D eigenvalue weighted by Gasteiger charge is 2.19. The number of nitrogens with zero attached hydrogens (tertiary/aromatic N) is 1. The summed E-state index contributed by atoms with van der Waals surface area (Å²) < 4.78 is 35.0. The van der Waals surface area contributed by atoms with Crippen molar-refractivity contribution < 1.29 is 18.3 Å². The molecule has 1 N–H and O–H groups in total. The highest BCUT2D eigenvalue weighted by Crippen LogP contribution is 2.38. The molecule has 1 atom stereocenters. The van der Waals surface area contributed by atoms with Gasteiger partial charge in [-0.2, -0.15) is 8.78 Å². The van der Waals surface area contributed by atoms with E-state index in [0.29, 0.717) is 16.3 Å². The number of benzene rings is 1. The predicted molar refractivity (Wildman–Crippen MR) is 80.1 cm³/mol. The number of nitrogens with one attached hydrogen (secondary N) is 1. The smallest absolute Gasteiger partial charge is 0.387 e. The summed E-state index contributed by atoms with van der Waals surface area (Å²) in [5.41, 5.74) is 0.995. The number of hydrogen-bond acceptors (Lipinski definition) is 4. The zero-order valence-electron chi connectivity index (χ0n) is 12.0. The topological polar surface area (TPSA) is 33.7 Å². The van der Waals surface area contributed by atoms with E-state index in [1.165, 1.54) is 7.11 Å². The lowest BCUT2D eigenvalue weighted by Gasteiger charge is -2.32. The van der Waals surface area contributed by atoms with Gasteiger partial charge in [0.05, 0.1) is 11.6 Å². The Balaban J connectivity index is 2.15. The van der Waals surface area contributed by atoms with Gasteiger partial charge in [-0.15, -0.1) is 0 Å². The SMILES string of the molecule is COc1cc(CN2CCN[C@H](C)C2)cc(Br)c1OC(F)F. The summed E-state index contributed by atoms with van der Waals surface area (Å²) in [6.07, 6.45) is 0. The average Bonchev–Trinajstić information content (AvgIpc) is 2.41. The molecule has 1 aliphatic rings. The Labute approximate surface area is 131 Å². The van der Waals surface area contributed by atoms with E-state index in [9.17, 15) is 8.78 Å². The number of alkyl halides is 2. The van der Waals surface area contributed by atoms with Gasteiger partial charge in [-0.05, 0) is 40.5 Å². The highest BCUT2D eigenvalue weighted by atomic mass is 79.9. The fourth-order valence-corrected chi connectivity index (χ4v) is 3.06. The molecule has 7 heteroatoms. The first kappa shape index (κ1) is 16.5. The standard InChI is InChI=1S/C14H19BrF2N2O2/c1-9-7-19(4-3-18-9)8-10-5-11(15)13(21-14(16)17)12(6-10)20-2/h5-6,9,14,18H,3-4,7-8H2,1-2H3/t9-/m1/s1. The molecule has 0 radical (unpaired) electrons. The average molecular weight is 365 g/mol. The third kappa shape index (κ3) is 4.52. The van der Waals surface area contributed by atoms with Gasteiger partial charge in [-0.25, -0.2) is 0 Å². The minimum absolute atomic E-state index is 0.0323. The summed E-state index contributed by atoms with van der Waals surface area (Å²) >= 11 is 3.27. The summed E-state index contributed by atoms with van der Waals surface area (Å²) in [5.74, 6) is 0.341. The summed E-state index contributed by atoms with van der Waals surface area (Å²) in [4.78, 5) is 2.32. The lowest BCUT2D eigenvalue weighted by molar-refractivity contribution is -0.0517. The van der Waals surface area contributed by atoms with E-state index in [2.05, 4.69) is 37.8 Å². The normalized spacial score (nSPS) is 19.8. The van der Waals surface area contributed by atoms with Crippen LogP contribution in [0.25, 0.3) is 0 Å². The van der Waals surface area contributed by atoms with E-state index in [0.717, 1.165) is 31.7 Å². The van der Waals surface area contributed by atoms with E-state index in [1.54, 1.807) is 12.1 Å². The van der Waals surface area contributed by atoms with Gasteiger partial charge in [0.25, 0.3) is 0 Å². The monoisotopic (exact) mass is 364 g/mol. The van der Waals surface area contributed by atoms with Crippen molar-refractivity contribution in [2.24, 2.45) is 0 Å². The van der Waals surface area contributed by atoms with Crippen molar-refractivity contribution in [3.63, 3.8) is 0 Å². The minimum atomic E-state index is -2.88. The fraction of sp³-hybridized carbons (Fsp3) is 0.571. The van der Waals surface area contributed by atoms with Crippen molar-refractivity contribution in [3.05, 3.63) is 22.2 Å². The lowest BCUT2D eigenvalue weighted by Crippen LogP contribution is -2.48. The van der Waals surface area contributed by atoms with Gasteiger partial charge >= 0.3 is 6.61 Å². The molecule has 4 nitrogen and oxygen atoms in total. The van der Waals surface area contributed by atoms with Crippen LogP contribution in [0.5, 0.6) is 11.5 Å². The molecule has 0 spiro atoms. The number of methoxy groups -OCH3 is 1. The molecule has 0 aliphatic carbocycles. The molecule has 0 amide bonds. The first-order chi connectivity index (χ1) is 9.99. The van der Waals surface area contributed by atoms with Gasteiger partial charge in [-0.1, -0.05) is 0 Å². The second-order valence-electron chi connectivity index (χ2n) is 5.08.